The molecule has 0 saturated heterocycles. The lowest BCUT2D eigenvalue weighted by Crippen LogP contribution is -2.33. The largest absolute Gasteiger partial charge is 0.382 e. The normalized spacial score (nSPS) is 14.5. The Morgan fingerprint density at radius 3 is 2.71 bits per heavy atom. The molecule has 7 heteroatoms. The highest BCUT2D eigenvalue weighted by molar-refractivity contribution is 7.18. The summed E-state index contributed by atoms with van der Waals surface area (Å²) in [5.41, 5.74) is 5.91. The van der Waals surface area contributed by atoms with Crippen molar-refractivity contribution in [3.05, 3.63) is 4.88 Å². The average molecular weight is 311 g/mol. The van der Waals surface area contributed by atoms with Gasteiger partial charge in [-0.05, 0) is 46.8 Å². The number of nitrogen functional groups attached to an aromatic ring is 1. The number of nitrogens with one attached hydrogen (secondary N) is 1. The molecule has 118 valence electrons. The SMILES string of the molecule is CCN(CCCN(C)C)C(=O)c1sc(NC2CC2)nc1N. The van der Waals surface area contributed by atoms with E-state index in [1.807, 2.05) is 25.9 Å². The van der Waals surface area contributed by atoms with Crippen LogP contribution in [0.1, 0.15) is 35.9 Å². The standard InChI is InChI=1S/C14H25N5OS/c1-4-19(9-5-8-18(2)3)13(20)11-12(15)17-14(21-11)16-10-6-7-10/h10H,4-9,15H2,1-3H3,(H,16,17). The summed E-state index contributed by atoms with van der Waals surface area (Å²) >= 11 is 1.37. The molecule has 0 unspecified atom stereocenters. The molecule has 3 N–H and O–H groups in total. The van der Waals surface area contributed by atoms with Crippen LogP contribution in [0.4, 0.5) is 10.9 Å². The molecular formula is C14H25N5OS. The Balaban J connectivity index is 1.97. The van der Waals surface area contributed by atoms with Gasteiger partial charge >= 0.3 is 0 Å². The number of thiazole rings is 1. The minimum atomic E-state index is -0.00453. The molecule has 0 spiro atoms. The summed E-state index contributed by atoms with van der Waals surface area (Å²) in [7, 11) is 4.07. The molecule has 1 heterocycles. The van der Waals surface area contributed by atoms with Crippen LogP contribution >= 0.6 is 11.3 Å². The smallest absolute Gasteiger partial charge is 0.267 e. The summed E-state index contributed by atoms with van der Waals surface area (Å²) in [6, 6.07) is 0.515. The molecule has 0 bridgehead atoms. The fourth-order valence-electron chi connectivity index (χ4n) is 2.07. The molecule has 0 radical (unpaired) electrons. The monoisotopic (exact) mass is 311 g/mol. The van der Waals surface area contributed by atoms with E-state index in [0.29, 0.717) is 23.3 Å². The topological polar surface area (TPSA) is 74.5 Å². The molecule has 1 saturated carbocycles. The number of carbonyl (C=O) groups excluding carboxylic acids is 1. The fourth-order valence-corrected chi connectivity index (χ4v) is 3.00. The van der Waals surface area contributed by atoms with Crippen molar-refractivity contribution in [1.29, 1.82) is 0 Å². The predicted molar refractivity (Wildman–Crippen MR) is 87.9 cm³/mol. The van der Waals surface area contributed by atoms with Crippen LogP contribution in [0.15, 0.2) is 0 Å². The molecule has 1 aliphatic rings. The molecule has 0 aliphatic heterocycles. The third kappa shape index (κ3) is 4.57. The molecule has 1 amide bonds. The first-order chi connectivity index (χ1) is 10.0. The van der Waals surface area contributed by atoms with Gasteiger partial charge in [-0.15, -0.1) is 0 Å². The van der Waals surface area contributed by atoms with Crippen molar-refractivity contribution >= 4 is 28.2 Å². The van der Waals surface area contributed by atoms with E-state index in [1.165, 1.54) is 24.2 Å². The molecule has 1 aliphatic carbocycles. The number of rotatable bonds is 8. The highest BCUT2D eigenvalue weighted by Crippen LogP contribution is 2.31. The van der Waals surface area contributed by atoms with Crippen LogP contribution in [0.2, 0.25) is 0 Å². The van der Waals surface area contributed by atoms with Crippen LogP contribution in [-0.2, 0) is 0 Å². The second-order valence-electron chi connectivity index (χ2n) is 5.69. The highest BCUT2D eigenvalue weighted by Gasteiger charge is 2.25. The van der Waals surface area contributed by atoms with Gasteiger partial charge in [-0.25, -0.2) is 4.98 Å². The Morgan fingerprint density at radius 1 is 1.43 bits per heavy atom. The van der Waals surface area contributed by atoms with Gasteiger partial charge in [0, 0.05) is 19.1 Å². The minimum absolute atomic E-state index is 0.00453. The molecule has 6 nitrogen and oxygen atoms in total. The maximum absolute atomic E-state index is 12.6. The third-order valence-electron chi connectivity index (χ3n) is 3.45. The first-order valence-electron chi connectivity index (χ1n) is 7.48. The Labute approximate surface area is 130 Å². The van der Waals surface area contributed by atoms with Gasteiger partial charge in [0.15, 0.2) is 5.13 Å². The lowest BCUT2D eigenvalue weighted by atomic mass is 10.3. The molecule has 1 aromatic rings. The second kappa shape index (κ2) is 7.09. The summed E-state index contributed by atoms with van der Waals surface area (Å²) in [5, 5.41) is 4.06. The van der Waals surface area contributed by atoms with Crippen molar-refractivity contribution in [2.24, 2.45) is 0 Å². The van der Waals surface area contributed by atoms with Crippen LogP contribution < -0.4 is 11.1 Å². The van der Waals surface area contributed by atoms with Gasteiger partial charge in [0.2, 0.25) is 0 Å². The summed E-state index contributed by atoms with van der Waals surface area (Å²) < 4.78 is 0. The van der Waals surface area contributed by atoms with Crippen molar-refractivity contribution in [3.63, 3.8) is 0 Å². The van der Waals surface area contributed by atoms with Crippen LogP contribution in [0.25, 0.3) is 0 Å². The zero-order valence-electron chi connectivity index (χ0n) is 13.1. The predicted octanol–water partition coefficient (Wildman–Crippen LogP) is 1.71. The van der Waals surface area contributed by atoms with E-state index < -0.39 is 0 Å². The number of carbonyl (C=O) groups is 1. The Hall–Kier alpha value is -1.34. The maximum atomic E-state index is 12.6. The molecule has 0 atom stereocenters. The lowest BCUT2D eigenvalue weighted by molar-refractivity contribution is 0.0765. The zero-order valence-corrected chi connectivity index (χ0v) is 13.9. The minimum Gasteiger partial charge on any atom is -0.382 e. The third-order valence-corrected chi connectivity index (χ3v) is 4.45. The van der Waals surface area contributed by atoms with Gasteiger partial charge in [-0.1, -0.05) is 11.3 Å². The second-order valence-corrected chi connectivity index (χ2v) is 6.69. The molecule has 2 rings (SSSR count). The number of nitrogens with zero attached hydrogens (tertiary/aromatic N) is 3. The van der Waals surface area contributed by atoms with Crippen molar-refractivity contribution in [2.75, 3.05) is 44.8 Å². The number of aromatic nitrogens is 1. The van der Waals surface area contributed by atoms with Crippen LogP contribution in [0.5, 0.6) is 0 Å². The number of hydrogen-bond donors (Lipinski definition) is 2. The first-order valence-corrected chi connectivity index (χ1v) is 8.29. The molecule has 21 heavy (non-hydrogen) atoms. The van der Waals surface area contributed by atoms with Gasteiger partial charge in [0.25, 0.3) is 5.91 Å². The number of anilines is 2. The van der Waals surface area contributed by atoms with Crippen LogP contribution in [0, 0.1) is 0 Å². The van der Waals surface area contributed by atoms with Crippen LogP contribution in [0.3, 0.4) is 0 Å². The molecule has 0 aromatic carbocycles. The molecular weight excluding hydrogens is 286 g/mol. The summed E-state index contributed by atoms with van der Waals surface area (Å²) in [6.45, 7) is 4.40. The summed E-state index contributed by atoms with van der Waals surface area (Å²) in [5.74, 6) is 0.342. The van der Waals surface area contributed by atoms with E-state index in [9.17, 15) is 4.79 Å². The van der Waals surface area contributed by atoms with E-state index in [0.717, 1.165) is 24.6 Å². The number of nitrogens with two attached hydrogens (primary N) is 1. The van der Waals surface area contributed by atoms with E-state index in [-0.39, 0.29) is 5.91 Å². The van der Waals surface area contributed by atoms with Gasteiger partial charge in [-0.2, -0.15) is 0 Å². The maximum Gasteiger partial charge on any atom is 0.267 e. The van der Waals surface area contributed by atoms with Crippen molar-refractivity contribution in [3.8, 4) is 0 Å². The van der Waals surface area contributed by atoms with Gasteiger partial charge in [-0.3, -0.25) is 4.79 Å². The molecule has 1 aromatic heterocycles. The van der Waals surface area contributed by atoms with E-state index >= 15 is 0 Å². The van der Waals surface area contributed by atoms with E-state index in [4.69, 9.17) is 5.73 Å². The van der Waals surface area contributed by atoms with Crippen molar-refractivity contribution in [2.45, 2.75) is 32.2 Å². The van der Waals surface area contributed by atoms with Gasteiger partial charge in [0.05, 0.1) is 0 Å². The van der Waals surface area contributed by atoms with Crippen LogP contribution in [-0.4, -0.2) is 60.5 Å². The Kier molecular flexibility index (Phi) is 5.41. The van der Waals surface area contributed by atoms with Crippen molar-refractivity contribution in [1.82, 2.24) is 14.8 Å². The Bertz CT molecular complexity index is 484. The summed E-state index contributed by atoms with van der Waals surface area (Å²) in [6.07, 6.45) is 3.31. The highest BCUT2D eigenvalue weighted by atomic mass is 32.1. The van der Waals surface area contributed by atoms with Gasteiger partial charge in [0.1, 0.15) is 10.7 Å². The Morgan fingerprint density at radius 2 is 2.14 bits per heavy atom. The van der Waals surface area contributed by atoms with E-state index in [1.54, 1.807) is 0 Å². The summed E-state index contributed by atoms with van der Waals surface area (Å²) in [4.78, 5) is 21.4. The average Bonchev–Trinajstić information content (AvgIpc) is 3.16. The molecule has 1 fully saturated rings. The lowest BCUT2D eigenvalue weighted by Gasteiger charge is -2.21. The van der Waals surface area contributed by atoms with Crippen molar-refractivity contribution < 1.29 is 4.79 Å². The number of hydrogen-bond acceptors (Lipinski definition) is 6. The van der Waals surface area contributed by atoms with Gasteiger partial charge < -0.3 is 20.9 Å². The van der Waals surface area contributed by atoms with E-state index in [2.05, 4.69) is 15.2 Å². The first kappa shape index (κ1) is 16.0. The quantitative estimate of drug-likeness (QED) is 0.764. The zero-order chi connectivity index (χ0) is 15.4. The fraction of sp³-hybridized carbons (Fsp3) is 0.714. The number of amides is 1.